The third kappa shape index (κ3) is 4.92. The molecule has 0 aliphatic heterocycles. The van der Waals surface area contributed by atoms with Crippen LogP contribution < -0.4 is 9.46 Å². The number of hydrogen-bond donors (Lipinski definition) is 3. The molecule has 1 heterocycles. The van der Waals surface area contributed by atoms with Crippen molar-refractivity contribution in [3.05, 3.63) is 34.0 Å². The molecule has 0 radical (unpaired) electrons. The third-order valence-electron chi connectivity index (χ3n) is 3.23. The molecular formula is C15H14BrCl2NO6S. The Kier molecular flexibility index (Phi) is 7.36. The minimum atomic E-state index is -2.74. The number of hydrogen-bond acceptors (Lipinski definition) is 6. The number of nitrogens with one attached hydrogen (secondary N) is 1. The number of benzene rings is 1. The molecular weight excluding hydrogens is 473 g/mol. The molecule has 1 atom stereocenters. The van der Waals surface area contributed by atoms with Crippen LogP contribution in [-0.2, 0) is 15.7 Å². The van der Waals surface area contributed by atoms with E-state index in [-0.39, 0.29) is 40.3 Å². The summed E-state index contributed by atoms with van der Waals surface area (Å²) in [5.41, 5.74) is 0.316. The minimum Gasteiger partial charge on any atom is -0.502 e. The van der Waals surface area contributed by atoms with Gasteiger partial charge in [0.05, 0.1) is 14.9 Å². The molecule has 0 aliphatic carbocycles. The quantitative estimate of drug-likeness (QED) is 0.312. The number of furan rings is 1. The van der Waals surface area contributed by atoms with Crippen molar-refractivity contribution in [2.24, 2.45) is 0 Å². The van der Waals surface area contributed by atoms with Crippen LogP contribution in [0.15, 0.2) is 22.6 Å². The SMILES string of the molecule is CC(=O)Oc1c(C(Br)CCN[SH](=O)=O)oc(-c2cccc(Cl)c2Cl)c1O. The lowest BCUT2D eigenvalue weighted by Crippen LogP contribution is -2.14. The molecule has 0 amide bonds. The second kappa shape index (κ2) is 9.09. The number of halogens is 3. The molecule has 0 bridgehead atoms. The Morgan fingerprint density at radius 3 is 2.73 bits per heavy atom. The highest BCUT2D eigenvalue weighted by atomic mass is 79.9. The van der Waals surface area contributed by atoms with Crippen molar-refractivity contribution in [2.75, 3.05) is 6.54 Å². The zero-order valence-electron chi connectivity index (χ0n) is 13.3. The number of esters is 1. The average molecular weight is 487 g/mol. The van der Waals surface area contributed by atoms with Crippen molar-refractivity contribution in [1.82, 2.24) is 4.72 Å². The summed E-state index contributed by atoms with van der Waals surface area (Å²) in [5.74, 6) is -1.14. The lowest BCUT2D eigenvalue weighted by Gasteiger charge is -2.08. The summed E-state index contributed by atoms with van der Waals surface area (Å²) in [7, 11) is -2.74. The lowest BCUT2D eigenvalue weighted by molar-refractivity contribution is -0.132. The van der Waals surface area contributed by atoms with E-state index in [9.17, 15) is 18.3 Å². The molecule has 0 spiro atoms. The van der Waals surface area contributed by atoms with Crippen LogP contribution in [0.4, 0.5) is 0 Å². The Morgan fingerprint density at radius 1 is 1.42 bits per heavy atom. The Morgan fingerprint density at radius 2 is 2.12 bits per heavy atom. The van der Waals surface area contributed by atoms with Crippen LogP contribution in [0.3, 0.4) is 0 Å². The molecule has 1 aromatic heterocycles. The summed E-state index contributed by atoms with van der Waals surface area (Å²) in [6, 6.07) is 4.78. The fraction of sp³-hybridized carbons (Fsp3) is 0.267. The van der Waals surface area contributed by atoms with Gasteiger partial charge in [0.2, 0.25) is 22.4 Å². The third-order valence-corrected chi connectivity index (χ3v) is 5.41. The van der Waals surface area contributed by atoms with Crippen molar-refractivity contribution in [3.8, 4) is 22.8 Å². The molecule has 26 heavy (non-hydrogen) atoms. The minimum absolute atomic E-state index is 0.0175. The van der Waals surface area contributed by atoms with Gasteiger partial charge in [-0.15, -0.1) is 0 Å². The Bertz CT molecular complexity index is 891. The number of ether oxygens (including phenoxy) is 1. The molecule has 142 valence electrons. The van der Waals surface area contributed by atoms with Crippen LogP contribution in [0.1, 0.15) is 23.9 Å². The topological polar surface area (TPSA) is 106 Å². The number of rotatable bonds is 7. The molecule has 0 saturated carbocycles. The molecule has 0 fully saturated rings. The number of carbonyl (C=O) groups is 1. The smallest absolute Gasteiger partial charge is 0.308 e. The molecule has 2 N–H and O–H groups in total. The van der Waals surface area contributed by atoms with E-state index < -0.39 is 27.4 Å². The highest BCUT2D eigenvalue weighted by Gasteiger charge is 2.29. The van der Waals surface area contributed by atoms with E-state index in [2.05, 4.69) is 20.7 Å². The van der Waals surface area contributed by atoms with E-state index in [0.717, 1.165) is 0 Å². The molecule has 2 rings (SSSR count). The van der Waals surface area contributed by atoms with Crippen molar-refractivity contribution in [1.29, 1.82) is 0 Å². The van der Waals surface area contributed by atoms with Gasteiger partial charge in [-0.25, -0.2) is 13.1 Å². The molecule has 1 aromatic carbocycles. The normalized spacial score (nSPS) is 12.3. The van der Waals surface area contributed by atoms with Crippen LogP contribution in [0, 0.1) is 0 Å². The Labute approximate surface area is 169 Å². The maximum atomic E-state index is 11.4. The highest BCUT2D eigenvalue weighted by molar-refractivity contribution is 9.09. The zero-order chi connectivity index (χ0) is 19.4. The van der Waals surface area contributed by atoms with Crippen LogP contribution in [0.2, 0.25) is 10.0 Å². The van der Waals surface area contributed by atoms with Gasteiger partial charge >= 0.3 is 5.97 Å². The summed E-state index contributed by atoms with van der Waals surface area (Å²) in [6.45, 7) is 1.29. The first-order valence-corrected chi connectivity index (χ1v) is 10.1. The number of alkyl halides is 1. The summed E-state index contributed by atoms with van der Waals surface area (Å²) in [5, 5.41) is 10.9. The molecule has 0 aliphatic rings. The zero-order valence-corrected chi connectivity index (χ0v) is 17.3. The van der Waals surface area contributed by atoms with Gasteiger partial charge in [-0.3, -0.25) is 4.79 Å². The molecule has 7 nitrogen and oxygen atoms in total. The van der Waals surface area contributed by atoms with Gasteiger partial charge in [-0.2, -0.15) is 0 Å². The Balaban J connectivity index is 2.47. The molecule has 0 saturated heterocycles. The number of aromatic hydroxyl groups is 1. The van der Waals surface area contributed by atoms with Crippen LogP contribution in [0.5, 0.6) is 11.5 Å². The van der Waals surface area contributed by atoms with Gasteiger partial charge in [0.1, 0.15) is 0 Å². The van der Waals surface area contributed by atoms with Crippen LogP contribution >= 0.6 is 39.1 Å². The fourth-order valence-corrected chi connectivity index (χ4v) is 3.38. The largest absolute Gasteiger partial charge is 0.502 e. The van der Waals surface area contributed by atoms with Gasteiger partial charge in [0.15, 0.2) is 11.5 Å². The van der Waals surface area contributed by atoms with E-state index >= 15 is 0 Å². The predicted octanol–water partition coefficient (Wildman–Crippen LogP) is 3.83. The summed E-state index contributed by atoms with van der Waals surface area (Å²) in [6.07, 6.45) is 0.271. The maximum absolute atomic E-state index is 11.4. The summed E-state index contributed by atoms with van der Waals surface area (Å²) in [4.78, 5) is 10.8. The second-order valence-corrected chi connectivity index (χ2v) is 7.81. The number of thiol groups is 1. The Hall–Kier alpha value is -1.26. The van der Waals surface area contributed by atoms with E-state index in [1.54, 1.807) is 18.2 Å². The van der Waals surface area contributed by atoms with E-state index in [4.69, 9.17) is 32.4 Å². The molecule has 2 aromatic rings. The van der Waals surface area contributed by atoms with E-state index in [1.165, 1.54) is 6.92 Å². The summed E-state index contributed by atoms with van der Waals surface area (Å²) >= 11 is 15.5. The molecule has 11 heteroatoms. The van der Waals surface area contributed by atoms with Gasteiger partial charge in [0, 0.05) is 19.0 Å². The van der Waals surface area contributed by atoms with Crippen molar-refractivity contribution < 1.29 is 27.5 Å². The van der Waals surface area contributed by atoms with Gasteiger partial charge in [0.25, 0.3) is 0 Å². The van der Waals surface area contributed by atoms with Crippen molar-refractivity contribution in [3.63, 3.8) is 0 Å². The van der Waals surface area contributed by atoms with E-state index in [1.807, 2.05) is 0 Å². The first-order valence-electron chi connectivity index (χ1n) is 7.22. The fourth-order valence-electron chi connectivity index (χ4n) is 2.15. The number of carbonyl (C=O) groups excluding carboxylic acids is 1. The van der Waals surface area contributed by atoms with Gasteiger partial charge < -0.3 is 14.3 Å². The maximum Gasteiger partial charge on any atom is 0.308 e. The van der Waals surface area contributed by atoms with Crippen molar-refractivity contribution in [2.45, 2.75) is 18.2 Å². The highest BCUT2D eigenvalue weighted by Crippen LogP contribution is 2.50. The first-order chi connectivity index (χ1) is 12.2. The second-order valence-electron chi connectivity index (χ2n) is 5.09. The predicted molar refractivity (Wildman–Crippen MR) is 102 cm³/mol. The average Bonchev–Trinajstić information content (AvgIpc) is 2.86. The first kappa shape index (κ1) is 21.0. The lowest BCUT2D eigenvalue weighted by atomic mass is 10.1. The summed E-state index contributed by atoms with van der Waals surface area (Å²) < 4.78 is 34.2. The standard InChI is InChI=1S/C15H14BrCl2NO6S/c1-7(20)24-15-12(21)13(8-3-2-4-10(17)11(8)18)25-14(15)9(16)5-6-19-26(22)23/h2-4,9,21,26H,5-6H2,1H3,(H,19,22,23). The van der Waals surface area contributed by atoms with Crippen LogP contribution in [0.25, 0.3) is 11.3 Å². The monoisotopic (exact) mass is 485 g/mol. The molecule has 1 unspecified atom stereocenters. The van der Waals surface area contributed by atoms with Gasteiger partial charge in [-0.1, -0.05) is 45.2 Å². The van der Waals surface area contributed by atoms with Crippen molar-refractivity contribution >= 4 is 56.0 Å². The van der Waals surface area contributed by atoms with E-state index in [0.29, 0.717) is 5.56 Å². The van der Waals surface area contributed by atoms with Crippen LogP contribution in [-0.4, -0.2) is 26.0 Å². The van der Waals surface area contributed by atoms with Gasteiger partial charge in [-0.05, 0) is 18.6 Å².